The molecule has 0 aliphatic rings. The van der Waals surface area contributed by atoms with Gasteiger partial charge in [-0.3, -0.25) is 0 Å². The molecule has 0 aliphatic carbocycles. The molecule has 0 atom stereocenters. The first-order chi connectivity index (χ1) is 8.54. The molecule has 7 heteroatoms. The van der Waals surface area contributed by atoms with Crippen LogP contribution in [0, 0.1) is 17.5 Å². The Kier molecular flexibility index (Phi) is 4.63. The van der Waals surface area contributed by atoms with Crippen molar-refractivity contribution in [1.82, 2.24) is 5.32 Å². The Morgan fingerprint density at radius 3 is 2.05 bits per heavy atom. The van der Waals surface area contributed by atoms with E-state index in [4.69, 9.17) is 0 Å². The van der Waals surface area contributed by atoms with Crippen LogP contribution in [0.1, 0.15) is 19.4 Å². The van der Waals surface area contributed by atoms with E-state index >= 15 is 0 Å². The van der Waals surface area contributed by atoms with Crippen LogP contribution in [0.3, 0.4) is 0 Å². The van der Waals surface area contributed by atoms with E-state index in [0.717, 1.165) is 18.4 Å². The fourth-order valence-corrected chi connectivity index (χ4v) is 1.71. The third-order valence-electron chi connectivity index (χ3n) is 2.93. The Morgan fingerprint density at radius 1 is 1.16 bits per heavy atom. The lowest BCUT2D eigenvalue weighted by Gasteiger charge is -2.22. The summed E-state index contributed by atoms with van der Waals surface area (Å²) < 4.78 is 60.5. The first-order valence-corrected chi connectivity index (χ1v) is 7.47. The predicted molar refractivity (Wildman–Crippen MR) is 66.9 cm³/mol. The van der Waals surface area contributed by atoms with E-state index in [1.807, 2.05) is 0 Å². The van der Waals surface area contributed by atoms with Crippen molar-refractivity contribution in [3.63, 3.8) is 0 Å². The highest BCUT2D eigenvalue weighted by Gasteiger charge is 2.29. The van der Waals surface area contributed by atoms with Crippen molar-refractivity contribution in [3.05, 3.63) is 35.1 Å². The Balaban J connectivity index is 2.69. The molecule has 0 amide bonds. The van der Waals surface area contributed by atoms with Crippen LogP contribution in [0.5, 0.6) is 0 Å². The number of hydrogen-bond donors (Lipinski definition) is 1. The van der Waals surface area contributed by atoms with Crippen molar-refractivity contribution >= 4 is 9.84 Å². The molecule has 1 N–H and O–H groups in total. The van der Waals surface area contributed by atoms with Gasteiger partial charge in [-0.2, -0.15) is 0 Å². The Labute approximate surface area is 110 Å². The minimum atomic E-state index is -3.25. The van der Waals surface area contributed by atoms with Gasteiger partial charge in [0, 0.05) is 19.3 Å². The lowest BCUT2D eigenvalue weighted by Crippen LogP contribution is -2.41. The molecule has 0 saturated carbocycles. The number of nitrogens with one attached hydrogen (secondary N) is 1. The zero-order chi connectivity index (χ0) is 14.8. The van der Waals surface area contributed by atoms with E-state index in [2.05, 4.69) is 5.32 Å². The zero-order valence-electron chi connectivity index (χ0n) is 10.9. The first-order valence-electron chi connectivity index (χ1n) is 5.58. The summed E-state index contributed by atoms with van der Waals surface area (Å²) in [5.41, 5.74) is 0.209. The van der Waals surface area contributed by atoms with Gasteiger partial charge in [0.2, 0.25) is 0 Å². The van der Waals surface area contributed by atoms with Crippen LogP contribution >= 0.6 is 0 Å². The molecule has 0 heterocycles. The molecule has 108 valence electrons. The summed E-state index contributed by atoms with van der Waals surface area (Å²) in [6.07, 6.45) is 1.12. The molecular weight excluding hydrogens is 279 g/mol. The van der Waals surface area contributed by atoms with E-state index in [0.29, 0.717) is 0 Å². The molecule has 19 heavy (non-hydrogen) atoms. The molecule has 0 aromatic heterocycles. The molecule has 0 radical (unpaired) electrons. The number of hydrogen-bond acceptors (Lipinski definition) is 3. The highest BCUT2D eigenvalue weighted by atomic mass is 32.2. The van der Waals surface area contributed by atoms with Crippen molar-refractivity contribution in [2.24, 2.45) is 0 Å². The molecule has 0 bridgehead atoms. The zero-order valence-corrected chi connectivity index (χ0v) is 11.7. The van der Waals surface area contributed by atoms with Gasteiger partial charge in [0.25, 0.3) is 0 Å². The molecule has 0 unspecified atom stereocenters. The summed E-state index contributed by atoms with van der Waals surface area (Å²) >= 11 is 0. The molecule has 3 nitrogen and oxygen atoms in total. The molecule has 1 rings (SSSR count). The fraction of sp³-hybridized carbons (Fsp3) is 0.500. The molecule has 0 aliphatic heterocycles. The molecule has 1 aromatic rings. The smallest absolute Gasteiger partial charge is 0.194 e. The summed E-state index contributed by atoms with van der Waals surface area (Å²) in [5, 5.41) is 2.79. The van der Waals surface area contributed by atoms with Gasteiger partial charge in [-0.15, -0.1) is 0 Å². The van der Waals surface area contributed by atoms with E-state index in [-0.39, 0.29) is 18.7 Å². The lowest BCUT2D eigenvalue weighted by atomic mass is 10.1. The quantitative estimate of drug-likeness (QED) is 0.845. The van der Waals surface area contributed by atoms with Crippen LogP contribution in [-0.4, -0.2) is 26.0 Å². The van der Waals surface area contributed by atoms with Crippen LogP contribution in [0.25, 0.3) is 0 Å². The number of halogens is 3. The summed E-state index contributed by atoms with van der Waals surface area (Å²) in [6.45, 7) is 3.25. The van der Waals surface area contributed by atoms with Crippen molar-refractivity contribution in [2.45, 2.75) is 25.1 Å². The van der Waals surface area contributed by atoms with Gasteiger partial charge in [-0.25, -0.2) is 21.6 Å². The Hall–Kier alpha value is -1.08. The molecule has 0 saturated heterocycles. The summed E-state index contributed by atoms with van der Waals surface area (Å²) in [6, 6.07) is 1.75. The monoisotopic (exact) mass is 295 g/mol. The van der Waals surface area contributed by atoms with E-state index in [9.17, 15) is 21.6 Å². The number of sulfone groups is 1. The SMILES string of the molecule is CC(C)(CNCc1cc(F)c(F)c(F)c1)S(C)(=O)=O. The standard InChI is InChI=1S/C12H16F3NO2S/c1-12(2,19(3,17)18)7-16-6-8-4-9(13)11(15)10(14)5-8/h4-5,16H,6-7H2,1-3H3. The first kappa shape index (κ1) is 16.0. The average molecular weight is 295 g/mol. The van der Waals surface area contributed by atoms with Gasteiger partial charge in [-0.05, 0) is 31.5 Å². The minimum Gasteiger partial charge on any atom is -0.311 e. The minimum absolute atomic E-state index is 0.0487. The second-order valence-electron chi connectivity index (χ2n) is 5.01. The summed E-state index contributed by atoms with van der Waals surface area (Å²) in [4.78, 5) is 0. The van der Waals surface area contributed by atoms with Crippen molar-refractivity contribution in [1.29, 1.82) is 0 Å². The van der Waals surface area contributed by atoms with Gasteiger partial charge in [0.1, 0.15) is 0 Å². The van der Waals surface area contributed by atoms with Crippen molar-refractivity contribution in [3.8, 4) is 0 Å². The highest BCUT2D eigenvalue weighted by molar-refractivity contribution is 7.92. The van der Waals surface area contributed by atoms with E-state index in [1.54, 1.807) is 13.8 Å². The fourth-order valence-electron chi connectivity index (χ4n) is 1.35. The second kappa shape index (κ2) is 5.50. The van der Waals surface area contributed by atoms with Crippen LogP contribution in [0.2, 0.25) is 0 Å². The van der Waals surface area contributed by atoms with E-state index in [1.165, 1.54) is 0 Å². The third kappa shape index (κ3) is 3.94. The third-order valence-corrected chi connectivity index (χ3v) is 5.08. The van der Waals surface area contributed by atoms with Crippen LogP contribution in [0.4, 0.5) is 13.2 Å². The van der Waals surface area contributed by atoms with Crippen molar-refractivity contribution in [2.75, 3.05) is 12.8 Å². The maximum atomic E-state index is 13.0. The van der Waals surface area contributed by atoms with Crippen molar-refractivity contribution < 1.29 is 21.6 Å². The number of benzene rings is 1. The van der Waals surface area contributed by atoms with Crippen LogP contribution in [0.15, 0.2) is 12.1 Å². The van der Waals surface area contributed by atoms with Gasteiger partial charge < -0.3 is 5.32 Å². The normalized spacial score (nSPS) is 12.7. The Bertz CT molecular complexity index is 547. The predicted octanol–water partition coefficient (Wildman–Crippen LogP) is 2.02. The summed E-state index contributed by atoms with van der Waals surface area (Å²) in [7, 11) is -3.25. The Morgan fingerprint density at radius 2 is 1.63 bits per heavy atom. The summed E-state index contributed by atoms with van der Waals surface area (Å²) in [5.74, 6) is -4.04. The highest BCUT2D eigenvalue weighted by Crippen LogP contribution is 2.15. The second-order valence-corrected chi connectivity index (χ2v) is 7.66. The van der Waals surface area contributed by atoms with Gasteiger partial charge in [0.05, 0.1) is 4.75 Å². The molecular formula is C12H16F3NO2S. The molecule has 1 aromatic carbocycles. The largest absolute Gasteiger partial charge is 0.311 e. The average Bonchev–Trinajstić information content (AvgIpc) is 2.24. The van der Waals surface area contributed by atoms with E-state index < -0.39 is 32.0 Å². The van der Waals surface area contributed by atoms with Gasteiger partial charge in [0.15, 0.2) is 27.3 Å². The van der Waals surface area contributed by atoms with Crippen LogP contribution in [-0.2, 0) is 16.4 Å². The topological polar surface area (TPSA) is 46.2 Å². The maximum absolute atomic E-state index is 13.0. The molecule has 0 spiro atoms. The number of rotatable bonds is 5. The van der Waals surface area contributed by atoms with Crippen LogP contribution < -0.4 is 5.32 Å². The maximum Gasteiger partial charge on any atom is 0.194 e. The molecule has 0 fully saturated rings. The lowest BCUT2D eigenvalue weighted by molar-refractivity contribution is 0.443. The van der Waals surface area contributed by atoms with Gasteiger partial charge >= 0.3 is 0 Å². The van der Waals surface area contributed by atoms with Gasteiger partial charge in [-0.1, -0.05) is 0 Å².